The van der Waals surface area contributed by atoms with Gasteiger partial charge in [-0.15, -0.1) is 0 Å². The molecular formula is C14H16N4O2S. The standard InChI is InChI=1S/C14H16N4O2S/c1-9(2)20-13(19)12-7-5-4-6-11(12)8-15-18-10(3)16-17-14(18)21/h4-9H,1-3H3,(H,17,21)/b15-8-. The van der Waals surface area contributed by atoms with Crippen molar-refractivity contribution in [2.75, 3.05) is 0 Å². The van der Waals surface area contributed by atoms with Crippen molar-refractivity contribution < 1.29 is 9.53 Å². The Kier molecular flexibility index (Phi) is 4.64. The summed E-state index contributed by atoms with van der Waals surface area (Å²) in [6, 6.07) is 7.10. The molecule has 0 saturated heterocycles. The van der Waals surface area contributed by atoms with E-state index in [0.717, 1.165) is 0 Å². The topological polar surface area (TPSA) is 72.3 Å². The maximum atomic E-state index is 12.0. The van der Waals surface area contributed by atoms with Gasteiger partial charge in [0, 0.05) is 5.56 Å². The summed E-state index contributed by atoms with van der Waals surface area (Å²) in [6.45, 7) is 5.40. The van der Waals surface area contributed by atoms with Crippen LogP contribution < -0.4 is 0 Å². The predicted molar refractivity (Wildman–Crippen MR) is 82.1 cm³/mol. The van der Waals surface area contributed by atoms with E-state index in [9.17, 15) is 4.79 Å². The Balaban J connectivity index is 2.33. The molecule has 0 unspecified atom stereocenters. The lowest BCUT2D eigenvalue weighted by Gasteiger charge is -2.09. The number of rotatable bonds is 4. The molecule has 0 atom stereocenters. The Morgan fingerprint density at radius 1 is 1.48 bits per heavy atom. The van der Waals surface area contributed by atoms with Crippen molar-refractivity contribution in [3.8, 4) is 0 Å². The summed E-state index contributed by atoms with van der Waals surface area (Å²) >= 11 is 5.07. The van der Waals surface area contributed by atoms with Gasteiger partial charge in [0.05, 0.1) is 17.9 Å². The van der Waals surface area contributed by atoms with Gasteiger partial charge in [-0.3, -0.25) is 5.10 Å². The number of carbonyl (C=O) groups is 1. The molecular weight excluding hydrogens is 288 g/mol. The molecule has 0 spiro atoms. The van der Waals surface area contributed by atoms with E-state index in [4.69, 9.17) is 17.0 Å². The highest BCUT2D eigenvalue weighted by atomic mass is 32.1. The second-order valence-corrected chi connectivity index (χ2v) is 5.06. The molecule has 2 aromatic rings. The Bertz CT molecular complexity index is 731. The SMILES string of the molecule is Cc1n[nH]c(=S)n1/N=C\c1ccccc1C(=O)OC(C)C. The second kappa shape index (κ2) is 6.45. The van der Waals surface area contributed by atoms with Crippen molar-refractivity contribution in [1.82, 2.24) is 14.9 Å². The summed E-state index contributed by atoms with van der Waals surface area (Å²) in [5, 5.41) is 10.9. The van der Waals surface area contributed by atoms with E-state index >= 15 is 0 Å². The average molecular weight is 304 g/mol. The van der Waals surface area contributed by atoms with Crippen molar-refractivity contribution in [3.63, 3.8) is 0 Å². The van der Waals surface area contributed by atoms with E-state index in [2.05, 4.69) is 15.3 Å². The number of hydrogen-bond acceptors (Lipinski definition) is 5. The first-order valence-corrected chi connectivity index (χ1v) is 6.88. The van der Waals surface area contributed by atoms with Gasteiger partial charge in [0.15, 0.2) is 0 Å². The van der Waals surface area contributed by atoms with Gasteiger partial charge in [-0.05, 0) is 39.1 Å². The second-order valence-electron chi connectivity index (χ2n) is 4.67. The monoisotopic (exact) mass is 304 g/mol. The van der Waals surface area contributed by atoms with Gasteiger partial charge in [0.25, 0.3) is 0 Å². The number of ether oxygens (including phenoxy) is 1. The summed E-state index contributed by atoms with van der Waals surface area (Å²) in [7, 11) is 0. The van der Waals surface area contributed by atoms with E-state index < -0.39 is 0 Å². The number of benzene rings is 1. The number of hydrogen-bond donors (Lipinski definition) is 1. The first kappa shape index (κ1) is 15.1. The largest absolute Gasteiger partial charge is 0.459 e. The zero-order chi connectivity index (χ0) is 15.4. The number of aryl methyl sites for hydroxylation is 1. The fourth-order valence-electron chi connectivity index (χ4n) is 1.70. The van der Waals surface area contributed by atoms with Crippen LogP contribution >= 0.6 is 12.2 Å². The van der Waals surface area contributed by atoms with Crippen LogP contribution in [0.2, 0.25) is 0 Å². The molecule has 0 fully saturated rings. The maximum absolute atomic E-state index is 12.0. The highest BCUT2D eigenvalue weighted by Gasteiger charge is 2.12. The average Bonchev–Trinajstić information content (AvgIpc) is 2.75. The fraction of sp³-hybridized carbons (Fsp3) is 0.286. The van der Waals surface area contributed by atoms with Crippen molar-refractivity contribution in [2.24, 2.45) is 5.10 Å². The number of carbonyl (C=O) groups excluding carboxylic acids is 1. The van der Waals surface area contributed by atoms with Crippen LogP contribution in [-0.4, -0.2) is 33.2 Å². The van der Waals surface area contributed by atoms with Gasteiger partial charge >= 0.3 is 5.97 Å². The van der Waals surface area contributed by atoms with Crippen LogP contribution in [0.4, 0.5) is 0 Å². The number of H-pyrrole nitrogens is 1. The molecule has 7 heteroatoms. The molecule has 0 bridgehead atoms. The van der Waals surface area contributed by atoms with E-state index in [1.807, 2.05) is 19.9 Å². The Hall–Kier alpha value is -2.28. The van der Waals surface area contributed by atoms with Crippen LogP contribution in [0.1, 0.15) is 35.6 Å². The lowest BCUT2D eigenvalue weighted by molar-refractivity contribution is 0.0378. The molecule has 0 aliphatic heterocycles. The molecule has 6 nitrogen and oxygen atoms in total. The van der Waals surface area contributed by atoms with Gasteiger partial charge < -0.3 is 4.74 Å². The third kappa shape index (κ3) is 3.63. The summed E-state index contributed by atoms with van der Waals surface area (Å²) in [6.07, 6.45) is 1.39. The van der Waals surface area contributed by atoms with Crippen LogP contribution in [0.5, 0.6) is 0 Å². The summed E-state index contributed by atoms with van der Waals surface area (Å²) < 4.78 is 7.10. The molecule has 1 aromatic heterocycles. The molecule has 0 aliphatic rings. The van der Waals surface area contributed by atoms with Crippen LogP contribution in [0.15, 0.2) is 29.4 Å². The number of nitrogens with zero attached hydrogens (tertiary/aromatic N) is 3. The van der Waals surface area contributed by atoms with Crippen molar-refractivity contribution in [2.45, 2.75) is 26.9 Å². The Morgan fingerprint density at radius 3 is 2.81 bits per heavy atom. The van der Waals surface area contributed by atoms with Crippen molar-refractivity contribution in [1.29, 1.82) is 0 Å². The van der Waals surface area contributed by atoms with Crippen molar-refractivity contribution >= 4 is 24.4 Å². The molecule has 0 aliphatic carbocycles. The molecule has 1 aromatic carbocycles. The van der Waals surface area contributed by atoms with Gasteiger partial charge in [-0.2, -0.15) is 14.9 Å². The normalized spacial score (nSPS) is 11.2. The van der Waals surface area contributed by atoms with E-state index in [1.54, 1.807) is 31.3 Å². The fourth-order valence-corrected chi connectivity index (χ4v) is 1.92. The maximum Gasteiger partial charge on any atom is 0.339 e. The highest BCUT2D eigenvalue weighted by Crippen LogP contribution is 2.10. The summed E-state index contributed by atoms with van der Waals surface area (Å²) in [4.78, 5) is 12.0. The number of aromatic amines is 1. The molecule has 2 rings (SSSR count). The van der Waals surface area contributed by atoms with E-state index in [1.165, 1.54) is 4.68 Å². The summed E-state index contributed by atoms with van der Waals surface area (Å²) in [5.74, 6) is 0.262. The molecule has 0 saturated carbocycles. The minimum Gasteiger partial charge on any atom is -0.459 e. The van der Waals surface area contributed by atoms with Gasteiger partial charge in [-0.1, -0.05) is 18.2 Å². The lowest BCUT2D eigenvalue weighted by atomic mass is 10.1. The van der Waals surface area contributed by atoms with Crippen molar-refractivity contribution in [3.05, 3.63) is 46.0 Å². The number of nitrogens with one attached hydrogen (secondary N) is 1. The minimum absolute atomic E-state index is 0.174. The number of aromatic nitrogens is 3. The molecule has 0 radical (unpaired) electrons. The Labute approximate surface area is 127 Å². The van der Waals surface area contributed by atoms with Crippen LogP contribution in [0.3, 0.4) is 0 Å². The highest BCUT2D eigenvalue weighted by molar-refractivity contribution is 7.71. The third-order valence-corrected chi connectivity index (χ3v) is 2.91. The van der Waals surface area contributed by atoms with Crippen LogP contribution in [0.25, 0.3) is 0 Å². The zero-order valence-electron chi connectivity index (χ0n) is 12.0. The molecule has 21 heavy (non-hydrogen) atoms. The van der Waals surface area contributed by atoms with E-state index in [0.29, 0.717) is 21.7 Å². The first-order chi connectivity index (χ1) is 9.99. The third-order valence-electron chi connectivity index (χ3n) is 2.65. The molecule has 1 N–H and O–H groups in total. The summed E-state index contributed by atoms with van der Waals surface area (Å²) in [5.41, 5.74) is 1.12. The first-order valence-electron chi connectivity index (χ1n) is 6.47. The van der Waals surface area contributed by atoms with Gasteiger partial charge in [-0.25, -0.2) is 4.79 Å². The van der Waals surface area contributed by atoms with Gasteiger partial charge in [0.1, 0.15) is 5.82 Å². The molecule has 0 amide bonds. The van der Waals surface area contributed by atoms with Gasteiger partial charge in [0.2, 0.25) is 4.77 Å². The molecule has 110 valence electrons. The molecule has 1 heterocycles. The smallest absolute Gasteiger partial charge is 0.339 e. The quantitative estimate of drug-likeness (QED) is 0.535. The van der Waals surface area contributed by atoms with E-state index in [-0.39, 0.29) is 12.1 Å². The number of esters is 1. The lowest BCUT2D eigenvalue weighted by Crippen LogP contribution is -2.13. The predicted octanol–water partition coefficient (Wildman–Crippen LogP) is 2.70. The zero-order valence-corrected chi connectivity index (χ0v) is 12.8. The minimum atomic E-state index is -0.375. The van der Waals surface area contributed by atoms with Crippen LogP contribution in [0, 0.1) is 11.7 Å². The Morgan fingerprint density at radius 2 is 2.19 bits per heavy atom. The van der Waals surface area contributed by atoms with Crippen LogP contribution in [-0.2, 0) is 4.74 Å².